The zero-order valence-corrected chi connectivity index (χ0v) is 24.4. The van der Waals surface area contributed by atoms with Crippen molar-refractivity contribution in [3.05, 3.63) is 106 Å². The Kier molecular flexibility index (Phi) is 7.93. The number of methoxy groups -OCH3 is 1. The van der Waals surface area contributed by atoms with Crippen LogP contribution >= 0.6 is 23.8 Å². The third-order valence-corrected chi connectivity index (χ3v) is 7.84. The molecule has 2 aromatic heterocycles. The Hall–Kier alpha value is -3.39. The molecule has 1 aliphatic rings. The van der Waals surface area contributed by atoms with Crippen molar-refractivity contribution in [3.8, 4) is 11.4 Å². The van der Waals surface area contributed by atoms with Crippen molar-refractivity contribution in [2.75, 3.05) is 25.2 Å². The van der Waals surface area contributed by atoms with Gasteiger partial charge in [-0.25, -0.2) is 0 Å². The quantitative estimate of drug-likeness (QED) is 0.186. The second kappa shape index (κ2) is 11.4. The molecule has 2 aromatic carbocycles. The van der Waals surface area contributed by atoms with Gasteiger partial charge in [0.2, 0.25) is 0 Å². The third-order valence-electron chi connectivity index (χ3n) is 7.23. The van der Waals surface area contributed by atoms with E-state index < -0.39 is 0 Å². The molecule has 4 aromatic rings. The highest BCUT2D eigenvalue weighted by molar-refractivity contribution is 7.80. The fourth-order valence-electron chi connectivity index (χ4n) is 5.36. The summed E-state index contributed by atoms with van der Waals surface area (Å²) in [7, 11) is 1.64. The molecule has 1 fully saturated rings. The Balaban J connectivity index is 1.62. The number of rotatable bonds is 8. The number of hydrogen-bond donors (Lipinski definition) is 1. The minimum Gasteiger partial charge on any atom is -0.490 e. The van der Waals surface area contributed by atoms with Crippen molar-refractivity contribution in [2.45, 2.75) is 39.8 Å². The van der Waals surface area contributed by atoms with E-state index in [9.17, 15) is 0 Å². The van der Waals surface area contributed by atoms with E-state index in [0.29, 0.717) is 29.1 Å². The van der Waals surface area contributed by atoms with Crippen LogP contribution in [0.4, 0.5) is 5.69 Å². The number of benzene rings is 2. The van der Waals surface area contributed by atoms with E-state index in [-0.39, 0.29) is 12.1 Å². The summed E-state index contributed by atoms with van der Waals surface area (Å²) in [6.07, 6.45) is 1.82. The van der Waals surface area contributed by atoms with Gasteiger partial charge < -0.3 is 24.3 Å². The van der Waals surface area contributed by atoms with E-state index in [1.54, 1.807) is 7.11 Å². The number of nitrogens with one attached hydrogen (secondary N) is 1. The number of anilines is 1. The molecule has 0 unspecified atom stereocenters. The number of aromatic nitrogens is 2. The molecule has 1 N–H and O–H groups in total. The number of pyridine rings is 1. The van der Waals surface area contributed by atoms with Gasteiger partial charge in [-0.3, -0.25) is 4.98 Å². The van der Waals surface area contributed by atoms with E-state index in [1.807, 2.05) is 42.6 Å². The van der Waals surface area contributed by atoms with E-state index in [1.165, 1.54) is 22.4 Å². The van der Waals surface area contributed by atoms with Gasteiger partial charge in [-0.2, -0.15) is 0 Å². The van der Waals surface area contributed by atoms with Crippen LogP contribution in [0, 0.1) is 27.7 Å². The fraction of sp³-hybridized carbons (Fsp3) is 0.290. The van der Waals surface area contributed by atoms with Gasteiger partial charge in [0, 0.05) is 36.1 Å². The Morgan fingerprint density at radius 1 is 1.00 bits per heavy atom. The minimum absolute atomic E-state index is 0.145. The number of ether oxygens (including phenoxy) is 2. The average Bonchev–Trinajstić information content (AvgIpc) is 3.42. The third kappa shape index (κ3) is 5.26. The van der Waals surface area contributed by atoms with E-state index in [2.05, 4.69) is 66.7 Å². The first-order valence-corrected chi connectivity index (χ1v) is 13.8. The SMILES string of the molecule is COCCOc1ccc(N2C(=S)N[C@H](c3ccccn3)[C@@H]2c2cc(C)n(-c3cc(C)ccc3C)c2C)cc1Cl. The molecule has 5 rings (SSSR count). The summed E-state index contributed by atoms with van der Waals surface area (Å²) in [6, 6.07) is 20.3. The second-order valence-electron chi connectivity index (χ2n) is 9.90. The highest BCUT2D eigenvalue weighted by Gasteiger charge is 2.42. The predicted octanol–water partition coefficient (Wildman–Crippen LogP) is 6.96. The molecule has 202 valence electrons. The molecular weight excluding hydrogens is 528 g/mol. The lowest BCUT2D eigenvalue weighted by Gasteiger charge is -2.28. The lowest BCUT2D eigenvalue weighted by Crippen LogP contribution is -2.29. The van der Waals surface area contributed by atoms with Crippen LogP contribution in [-0.4, -0.2) is 35.0 Å². The lowest BCUT2D eigenvalue weighted by molar-refractivity contribution is 0.146. The molecule has 2 atom stereocenters. The van der Waals surface area contributed by atoms with Gasteiger partial charge in [0.05, 0.1) is 29.4 Å². The number of aryl methyl sites for hydroxylation is 3. The normalized spacial score (nSPS) is 17.0. The van der Waals surface area contributed by atoms with Crippen LogP contribution in [0.3, 0.4) is 0 Å². The van der Waals surface area contributed by atoms with Gasteiger partial charge in [0.15, 0.2) is 5.11 Å². The molecule has 0 radical (unpaired) electrons. The molecule has 1 saturated heterocycles. The summed E-state index contributed by atoms with van der Waals surface area (Å²) >= 11 is 12.6. The van der Waals surface area contributed by atoms with Crippen LogP contribution in [0.1, 0.15) is 45.9 Å². The molecule has 39 heavy (non-hydrogen) atoms. The van der Waals surface area contributed by atoms with Crippen molar-refractivity contribution >= 4 is 34.6 Å². The zero-order valence-electron chi connectivity index (χ0n) is 22.9. The summed E-state index contributed by atoms with van der Waals surface area (Å²) < 4.78 is 13.2. The van der Waals surface area contributed by atoms with Crippen LogP contribution in [0.25, 0.3) is 5.69 Å². The van der Waals surface area contributed by atoms with Gasteiger partial charge >= 0.3 is 0 Å². The van der Waals surface area contributed by atoms with Crippen molar-refractivity contribution in [1.29, 1.82) is 0 Å². The van der Waals surface area contributed by atoms with Gasteiger partial charge in [0.25, 0.3) is 0 Å². The lowest BCUT2D eigenvalue weighted by atomic mass is 9.96. The molecule has 8 heteroatoms. The van der Waals surface area contributed by atoms with Crippen LogP contribution in [0.15, 0.2) is 66.9 Å². The van der Waals surface area contributed by atoms with Crippen LogP contribution < -0.4 is 15.0 Å². The smallest absolute Gasteiger partial charge is 0.174 e. The zero-order chi connectivity index (χ0) is 27.7. The molecule has 0 saturated carbocycles. The monoisotopic (exact) mass is 560 g/mol. The van der Waals surface area contributed by atoms with Crippen LogP contribution in [-0.2, 0) is 4.74 Å². The molecule has 1 aliphatic heterocycles. The molecule has 3 heterocycles. The second-order valence-corrected chi connectivity index (χ2v) is 10.7. The molecular formula is C31H33ClN4O2S. The largest absolute Gasteiger partial charge is 0.490 e. The van der Waals surface area contributed by atoms with Crippen molar-refractivity contribution in [2.24, 2.45) is 0 Å². The van der Waals surface area contributed by atoms with Crippen LogP contribution in [0.5, 0.6) is 5.75 Å². The van der Waals surface area contributed by atoms with E-state index >= 15 is 0 Å². The molecule has 6 nitrogen and oxygen atoms in total. The first kappa shape index (κ1) is 27.2. The first-order valence-electron chi connectivity index (χ1n) is 13.0. The van der Waals surface area contributed by atoms with Crippen molar-refractivity contribution in [3.63, 3.8) is 0 Å². The van der Waals surface area contributed by atoms with Crippen molar-refractivity contribution in [1.82, 2.24) is 14.9 Å². The van der Waals surface area contributed by atoms with Gasteiger partial charge in [-0.1, -0.05) is 29.8 Å². The summed E-state index contributed by atoms with van der Waals surface area (Å²) in [5.41, 5.74) is 8.94. The van der Waals surface area contributed by atoms with E-state index in [0.717, 1.165) is 22.8 Å². The van der Waals surface area contributed by atoms with E-state index in [4.69, 9.17) is 38.3 Å². The molecule has 0 amide bonds. The number of thiocarbonyl (C=S) groups is 1. The number of halogens is 1. The summed E-state index contributed by atoms with van der Waals surface area (Å²) in [5.74, 6) is 0.612. The summed E-state index contributed by atoms with van der Waals surface area (Å²) in [5, 5.41) is 4.70. The maximum atomic E-state index is 6.68. The standard InChI is InChI=1S/C31H33ClN4O2S/c1-19-9-10-20(2)27(16-19)35-21(3)17-24(22(35)4)30-29(26-8-6-7-13-33-26)34-31(39)36(30)23-11-12-28(25(32)18-23)38-15-14-37-5/h6-13,16-18,29-30H,14-15H2,1-5H3,(H,34,39)/t29-,30+/m1/s1. The first-order chi connectivity index (χ1) is 18.8. The summed E-state index contributed by atoms with van der Waals surface area (Å²) in [4.78, 5) is 6.85. The Labute approximate surface area is 240 Å². The highest BCUT2D eigenvalue weighted by atomic mass is 35.5. The van der Waals surface area contributed by atoms with Gasteiger partial charge in [0.1, 0.15) is 12.4 Å². The maximum Gasteiger partial charge on any atom is 0.174 e. The Morgan fingerprint density at radius 3 is 2.54 bits per heavy atom. The highest BCUT2D eigenvalue weighted by Crippen LogP contribution is 2.45. The average molecular weight is 561 g/mol. The fourth-order valence-corrected chi connectivity index (χ4v) is 5.93. The van der Waals surface area contributed by atoms with Gasteiger partial charge in [-0.15, -0.1) is 0 Å². The molecule has 0 bridgehead atoms. The topological polar surface area (TPSA) is 51.6 Å². The van der Waals surface area contributed by atoms with Gasteiger partial charge in [-0.05, 0) is 99.1 Å². The minimum atomic E-state index is -0.150. The maximum absolute atomic E-state index is 6.68. The Bertz CT molecular complexity index is 1500. The Morgan fingerprint density at radius 2 is 1.82 bits per heavy atom. The summed E-state index contributed by atoms with van der Waals surface area (Å²) in [6.45, 7) is 9.53. The van der Waals surface area contributed by atoms with Crippen molar-refractivity contribution < 1.29 is 9.47 Å². The number of hydrogen-bond acceptors (Lipinski definition) is 4. The molecule has 0 aliphatic carbocycles. The number of nitrogens with zero attached hydrogens (tertiary/aromatic N) is 3. The molecule has 0 spiro atoms. The predicted molar refractivity (Wildman–Crippen MR) is 161 cm³/mol. The van der Waals surface area contributed by atoms with Crippen LogP contribution in [0.2, 0.25) is 5.02 Å².